The van der Waals surface area contributed by atoms with Crippen molar-refractivity contribution in [1.82, 2.24) is 30.3 Å². The molecule has 1 aliphatic rings. The number of piperazine rings is 1. The first-order chi connectivity index (χ1) is 14.9. The summed E-state index contributed by atoms with van der Waals surface area (Å²) in [6.45, 7) is 4.34. The van der Waals surface area contributed by atoms with Crippen molar-refractivity contribution in [2.24, 2.45) is 0 Å². The van der Waals surface area contributed by atoms with E-state index in [-0.39, 0.29) is 22.2 Å². The number of carbonyl (C=O) groups excluding carboxylic acids is 1. The minimum Gasteiger partial charge on any atom is -0.382 e. The molecule has 0 saturated carbocycles. The fourth-order valence-corrected chi connectivity index (χ4v) is 3.86. The normalized spacial score (nSPS) is 15.1. The molecular weight excluding hydrogens is 443 g/mol. The van der Waals surface area contributed by atoms with E-state index in [2.05, 4.69) is 25.6 Å². The van der Waals surface area contributed by atoms with Crippen LogP contribution in [0.5, 0.6) is 0 Å². The molecule has 162 valence electrons. The Labute approximate surface area is 187 Å². The Kier molecular flexibility index (Phi) is 5.94. The van der Waals surface area contributed by atoms with Gasteiger partial charge in [-0.2, -0.15) is 0 Å². The highest BCUT2D eigenvalue weighted by Gasteiger charge is 2.25. The van der Waals surface area contributed by atoms with E-state index in [1.54, 1.807) is 25.1 Å². The van der Waals surface area contributed by atoms with Crippen LogP contribution in [0.25, 0.3) is 10.9 Å². The van der Waals surface area contributed by atoms with E-state index in [1.165, 1.54) is 10.9 Å². The average Bonchev–Trinajstić information content (AvgIpc) is 2.75. The van der Waals surface area contributed by atoms with Crippen molar-refractivity contribution in [2.75, 3.05) is 36.9 Å². The van der Waals surface area contributed by atoms with E-state index >= 15 is 0 Å². The zero-order valence-corrected chi connectivity index (χ0v) is 18.1. The van der Waals surface area contributed by atoms with Crippen molar-refractivity contribution in [1.29, 1.82) is 0 Å². The first kappa shape index (κ1) is 21.3. The van der Waals surface area contributed by atoms with Crippen LogP contribution in [0.2, 0.25) is 10.2 Å². The number of amides is 1. The highest BCUT2D eigenvalue weighted by molar-refractivity contribution is 6.35. The number of benzene rings is 1. The number of nitrogens with one attached hydrogen (secondary N) is 2. The number of halogens is 2. The maximum Gasteiger partial charge on any atom is 0.281 e. The summed E-state index contributed by atoms with van der Waals surface area (Å²) < 4.78 is 1.49. The van der Waals surface area contributed by atoms with E-state index in [0.29, 0.717) is 47.9 Å². The zero-order valence-electron chi connectivity index (χ0n) is 16.6. The Morgan fingerprint density at radius 1 is 1.26 bits per heavy atom. The topological polar surface area (TPSA) is 131 Å². The first-order valence-electron chi connectivity index (χ1n) is 9.63. The van der Waals surface area contributed by atoms with Crippen molar-refractivity contribution >= 4 is 45.8 Å². The Balaban J connectivity index is 1.79. The van der Waals surface area contributed by atoms with Crippen LogP contribution >= 0.6 is 23.2 Å². The van der Waals surface area contributed by atoms with Crippen molar-refractivity contribution in [3.63, 3.8) is 0 Å². The number of rotatable bonds is 4. The van der Waals surface area contributed by atoms with Crippen molar-refractivity contribution in [2.45, 2.75) is 13.0 Å². The smallest absolute Gasteiger partial charge is 0.281 e. The SMILES string of the molecule is C[C@H](NC(=O)c1nc(Cl)cnc1N)c1nc2cccc(Cl)c2c(=O)n1N1CCNCC1. The van der Waals surface area contributed by atoms with Gasteiger partial charge in [-0.3, -0.25) is 9.59 Å². The summed E-state index contributed by atoms with van der Waals surface area (Å²) in [5.41, 5.74) is 5.83. The summed E-state index contributed by atoms with van der Waals surface area (Å²) in [5.74, 6) is -0.261. The highest BCUT2D eigenvalue weighted by atomic mass is 35.5. The van der Waals surface area contributed by atoms with Crippen LogP contribution < -0.4 is 26.9 Å². The molecule has 0 radical (unpaired) electrons. The molecule has 31 heavy (non-hydrogen) atoms. The van der Waals surface area contributed by atoms with Gasteiger partial charge in [0.25, 0.3) is 11.5 Å². The third-order valence-corrected chi connectivity index (χ3v) is 5.44. The third-order valence-electron chi connectivity index (χ3n) is 4.95. The molecule has 1 amide bonds. The van der Waals surface area contributed by atoms with Gasteiger partial charge in [0.1, 0.15) is 5.15 Å². The highest BCUT2D eigenvalue weighted by Crippen LogP contribution is 2.21. The van der Waals surface area contributed by atoms with Crippen LogP contribution in [0.3, 0.4) is 0 Å². The van der Waals surface area contributed by atoms with E-state index in [9.17, 15) is 9.59 Å². The second-order valence-electron chi connectivity index (χ2n) is 7.05. The molecule has 0 aliphatic carbocycles. The fraction of sp³-hybridized carbons (Fsp3) is 0.316. The minimum atomic E-state index is -0.654. The van der Waals surface area contributed by atoms with Gasteiger partial charge in [-0.15, -0.1) is 0 Å². The summed E-state index contributed by atoms with van der Waals surface area (Å²) in [5, 5.41) is 8.63. The molecule has 10 nitrogen and oxygen atoms in total. The molecule has 0 unspecified atom stereocenters. The van der Waals surface area contributed by atoms with Gasteiger partial charge in [-0.1, -0.05) is 29.3 Å². The number of aromatic nitrogens is 4. The maximum absolute atomic E-state index is 13.4. The number of fused-ring (bicyclic) bond motifs is 1. The number of nitrogens with zero attached hydrogens (tertiary/aromatic N) is 5. The Bertz CT molecular complexity index is 1210. The maximum atomic E-state index is 13.4. The quantitative estimate of drug-likeness (QED) is 0.525. The number of nitrogens with two attached hydrogens (primary N) is 1. The van der Waals surface area contributed by atoms with Crippen LogP contribution in [0.15, 0.2) is 29.2 Å². The molecular formula is C19H20Cl2N8O2. The summed E-state index contributed by atoms with van der Waals surface area (Å²) in [6, 6.07) is 4.43. The number of carbonyl (C=O) groups is 1. The molecule has 1 aromatic carbocycles. The Morgan fingerprint density at radius 2 is 2.00 bits per heavy atom. The summed E-state index contributed by atoms with van der Waals surface area (Å²) in [4.78, 5) is 38.7. The third kappa shape index (κ3) is 4.14. The van der Waals surface area contributed by atoms with E-state index < -0.39 is 11.9 Å². The predicted octanol–water partition coefficient (Wildman–Crippen LogP) is 1.11. The number of hydrogen-bond acceptors (Lipinski definition) is 8. The molecule has 3 aromatic rings. The fourth-order valence-electron chi connectivity index (χ4n) is 3.48. The van der Waals surface area contributed by atoms with Crippen molar-refractivity contribution < 1.29 is 4.79 Å². The van der Waals surface area contributed by atoms with E-state index in [0.717, 1.165) is 0 Å². The molecule has 4 N–H and O–H groups in total. The van der Waals surface area contributed by atoms with Gasteiger partial charge < -0.3 is 21.4 Å². The van der Waals surface area contributed by atoms with Crippen LogP contribution in [0.1, 0.15) is 29.3 Å². The van der Waals surface area contributed by atoms with Crippen LogP contribution in [-0.4, -0.2) is 51.7 Å². The molecule has 0 spiro atoms. The van der Waals surface area contributed by atoms with Crippen LogP contribution in [0.4, 0.5) is 5.82 Å². The van der Waals surface area contributed by atoms with E-state index in [1.807, 2.05) is 5.01 Å². The van der Waals surface area contributed by atoms with Crippen molar-refractivity contribution in [3.8, 4) is 0 Å². The molecule has 2 aromatic heterocycles. The van der Waals surface area contributed by atoms with Gasteiger partial charge in [0.15, 0.2) is 17.3 Å². The predicted molar refractivity (Wildman–Crippen MR) is 119 cm³/mol. The largest absolute Gasteiger partial charge is 0.382 e. The van der Waals surface area contributed by atoms with Crippen LogP contribution in [-0.2, 0) is 0 Å². The minimum absolute atomic E-state index is 0.0446. The lowest BCUT2D eigenvalue weighted by Gasteiger charge is -2.33. The molecule has 1 aliphatic heterocycles. The number of anilines is 1. The van der Waals surface area contributed by atoms with Gasteiger partial charge in [0.05, 0.1) is 28.2 Å². The zero-order chi connectivity index (χ0) is 22.1. The Morgan fingerprint density at radius 3 is 2.74 bits per heavy atom. The van der Waals surface area contributed by atoms with Gasteiger partial charge in [0.2, 0.25) is 0 Å². The molecule has 12 heteroatoms. The van der Waals surface area contributed by atoms with Gasteiger partial charge in [-0.25, -0.2) is 19.6 Å². The second kappa shape index (κ2) is 8.66. The van der Waals surface area contributed by atoms with Gasteiger partial charge in [0, 0.05) is 26.2 Å². The summed E-state index contributed by atoms with van der Waals surface area (Å²) in [7, 11) is 0. The lowest BCUT2D eigenvalue weighted by atomic mass is 10.2. The molecule has 3 heterocycles. The molecule has 4 rings (SSSR count). The summed E-state index contributed by atoms with van der Waals surface area (Å²) in [6.07, 6.45) is 1.26. The standard InChI is InChI=1S/C19H20Cl2N8O2/c1-10(25-18(30)15-16(22)24-9-13(21)27-15)17-26-12-4-2-3-11(20)14(12)19(31)29(17)28-7-5-23-6-8-28/h2-4,9-10,23H,5-8H2,1H3,(H2,22,24)(H,25,30)/t10-/m0/s1. The molecule has 1 fully saturated rings. The van der Waals surface area contributed by atoms with Gasteiger partial charge in [-0.05, 0) is 19.1 Å². The average molecular weight is 463 g/mol. The lowest BCUT2D eigenvalue weighted by Crippen LogP contribution is -2.54. The lowest BCUT2D eigenvalue weighted by molar-refractivity contribution is 0.0932. The number of hydrogen-bond donors (Lipinski definition) is 3. The molecule has 0 bridgehead atoms. The Hall–Kier alpha value is -2.95. The van der Waals surface area contributed by atoms with Gasteiger partial charge >= 0.3 is 0 Å². The monoisotopic (exact) mass is 462 g/mol. The van der Waals surface area contributed by atoms with Crippen molar-refractivity contribution in [3.05, 3.63) is 56.4 Å². The molecule has 1 saturated heterocycles. The van der Waals surface area contributed by atoms with Crippen LogP contribution in [0, 0.1) is 0 Å². The van der Waals surface area contributed by atoms with E-state index in [4.69, 9.17) is 28.9 Å². The number of nitrogen functional groups attached to an aromatic ring is 1. The summed E-state index contributed by atoms with van der Waals surface area (Å²) >= 11 is 12.2. The second-order valence-corrected chi connectivity index (χ2v) is 7.84. The molecule has 1 atom stereocenters. The first-order valence-corrected chi connectivity index (χ1v) is 10.4.